The van der Waals surface area contributed by atoms with Gasteiger partial charge in [-0.1, -0.05) is 18.2 Å². The number of carboxylic acids is 1. The minimum absolute atomic E-state index is 0.0893. The van der Waals surface area contributed by atoms with Crippen LogP contribution < -0.4 is 9.47 Å². The predicted octanol–water partition coefficient (Wildman–Crippen LogP) is 5.64. The van der Waals surface area contributed by atoms with Crippen molar-refractivity contribution in [2.24, 2.45) is 0 Å². The number of Topliss-reactive ketones (excluding diaryl/α,β-unsaturated/α-hetero) is 1. The Morgan fingerprint density at radius 3 is 2.32 bits per heavy atom. The van der Waals surface area contributed by atoms with Gasteiger partial charge in [0.2, 0.25) is 0 Å². The summed E-state index contributed by atoms with van der Waals surface area (Å²) in [4.78, 5) is 23.1. The van der Waals surface area contributed by atoms with E-state index in [2.05, 4.69) is 0 Å². The highest BCUT2D eigenvalue weighted by Gasteiger charge is 2.19. The Morgan fingerprint density at radius 2 is 1.53 bits per heavy atom. The molecule has 174 valence electrons. The zero-order valence-corrected chi connectivity index (χ0v) is 19.0. The minimum Gasteiger partial charge on any atom is -0.494 e. The van der Waals surface area contributed by atoms with Gasteiger partial charge in [0.15, 0.2) is 5.78 Å². The first-order valence-corrected chi connectivity index (χ1v) is 11.7. The molecule has 1 heterocycles. The molecule has 3 aromatic carbocycles. The summed E-state index contributed by atoms with van der Waals surface area (Å²) >= 11 is 0. The van der Waals surface area contributed by atoms with E-state index in [4.69, 9.17) is 9.47 Å². The first-order valence-electron chi connectivity index (χ1n) is 11.7. The molecule has 0 saturated carbocycles. The van der Waals surface area contributed by atoms with Gasteiger partial charge in [0.05, 0.1) is 18.7 Å². The second kappa shape index (κ2) is 9.59. The number of aryl methyl sites for hydroxylation is 1. The number of hydrogen-bond donors (Lipinski definition) is 1. The lowest BCUT2D eigenvalue weighted by Crippen LogP contribution is -2.08. The van der Waals surface area contributed by atoms with Crippen LogP contribution in [0.15, 0.2) is 60.7 Å². The Morgan fingerprint density at radius 1 is 0.824 bits per heavy atom. The third-order valence-electron chi connectivity index (χ3n) is 6.36. The highest BCUT2D eigenvalue weighted by atomic mass is 16.5. The molecule has 6 nitrogen and oxygen atoms in total. The van der Waals surface area contributed by atoms with Crippen molar-refractivity contribution in [2.75, 3.05) is 13.2 Å². The summed E-state index contributed by atoms with van der Waals surface area (Å²) in [6.45, 7) is 1.13. The molecular weight excluding hydrogens is 430 g/mol. The smallest absolute Gasteiger partial charge is 0.323 e. The van der Waals surface area contributed by atoms with E-state index in [0.717, 1.165) is 70.1 Å². The highest BCUT2D eigenvalue weighted by Crippen LogP contribution is 2.31. The van der Waals surface area contributed by atoms with Crippen LogP contribution in [0.3, 0.4) is 0 Å². The zero-order chi connectivity index (χ0) is 23.5. The van der Waals surface area contributed by atoms with Crippen LogP contribution in [0.2, 0.25) is 0 Å². The quantitative estimate of drug-likeness (QED) is 0.312. The number of para-hydroxylation sites is 1. The molecule has 0 radical (unpaired) electrons. The van der Waals surface area contributed by atoms with Gasteiger partial charge in [-0.15, -0.1) is 0 Å². The van der Waals surface area contributed by atoms with Crippen molar-refractivity contribution in [3.05, 3.63) is 71.8 Å². The molecule has 0 fully saturated rings. The summed E-state index contributed by atoms with van der Waals surface area (Å²) in [5, 5.41) is 11.4. The molecule has 6 heteroatoms. The molecule has 0 bridgehead atoms. The first-order chi connectivity index (χ1) is 16.6. The van der Waals surface area contributed by atoms with Crippen molar-refractivity contribution in [3.8, 4) is 11.5 Å². The number of aliphatic carboxylic acids is 1. The van der Waals surface area contributed by atoms with Gasteiger partial charge in [-0.25, -0.2) is 0 Å². The number of ether oxygens (including phenoxy) is 2. The van der Waals surface area contributed by atoms with E-state index in [9.17, 15) is 14.7 Å². The lowest BCUT2D eigenvalue weighted by atomic mass is 10.1. The van der Waals surface area contributed by atoms with E-state index >= 15 is 0 Å². The highest BCUT2D eigenvalue weighted by molar-refractivity contribution is 6.08. The normalized spacial score (nSPS) is 12.9. The molecule has 0 atom stereocenters. The van der Waals surface area contributed by atoms with Crippen LogP contribution in [0.5, 0.6) is 11.5 Å². The molecule has 0 saturated heterocycles. The van der Waals surface area contributed by atoms with Crippen molar-refractivity contribution in [2.45, 2.75) is 38.6 Å². The molecule has 1 aliphatic carbocycles. The molecule has 0 aliphatic heterocycles. The second-order valence-corrected chi connectivity index (χ2v) is 8.68. The number of hydrogen-bond acceptors (Lipinski definition) is 4. The number of carboxylic acid groups (broad SMARTS) is 1. The van der Waals surface area contributed by atoms with E-state index in [1.807, 2.05) is 65.2 Å². The molecule has 0 amide bonds. The van der Waals surface area contributed by atoms with Gasteiger partial charge < -0.3 is 19.1 Å². The maximum absolute atomic E-state index is 11.7. The minimum atomic E-state index is -0.871. The lowest BCUT2D eigenvalue weighted by Gasteiger charge is -2.09. The number of nitrogens with zero attached hydrogens (tertiary/aromatic N) is 1. The summed E-state index contributed by atoms with van der Waals surface area (Å²) in [5.41, 5.74) is 3.71. The molecule has 1 aromatic heterocycles. The molecule has 0 spiro atoms. The van der Waals surface area contributed by atoms with Crippen LogP contribution in [0.1, 0.15) is 41.6 Å². The van der Waals surface area contributed by atoms with Crippen LogP contribution >= 0.6 is 0 Å². The summed E-state index contributed by atoms with van der Waals surface area (Å²) in [7, 11) is 0. The number of fused-ring (bicyclic) bond motifs is 4. The van der Waals surface area contributed by atoms with E-state index in [1.165, 1.54) is 0 Å². The molecule has 5 rings (SSSR count). The Bertz CT molecular complexity index is 1370. The van der Waals surface area contributed by atoms with Crippen molar-refractivity contribution in [1.82, 2.24) is 4.57 Å². The lowest BCUT2D eigenvalue weighted by molar-refractivity contribution is -0.137. The number of ketones is 1. The van der Waals surface area contributed by atoms with Gasteiger partial charge >= 0.3 is 5.97 Å². The molecule has 1 N–H and O–H groups in total. The first kappa shape index (κ1) is 22.0. The Kier molecular flexibility index (Phi) is 6.21. The predicted molar refractivity (Wildman–Crippen MR) is 131 cm³/mol. The molecular formula is C28H27NO5. The fourth-order valence-corrected chi connectivity index (χ4v) is 4.71. The van der Waals surface area contributed by atoms with E-state index in [0.29, 0.717) is 19.6 Å². The summed E-state index contributed by atoms with van der Waals surface area (Å²) < 4.78 is 13.6. The summed E-state index contributed by atoms with van der Waals surface area (Å²) in [6.07, 6.45) is 4.22. The van der Waals surface area contributed by atoms with Gasteiger partial charge in [-0.05, 0) is 67.6 Å². The topological polar surface area (TPSA) is 77.8 Å². The Balaban J connectivity index is 1.13. The molecule has 34 heavy (non-hydrogen) atoms. The summed E-state index contributed by atoms with van der Waals surface area (Å²) in [6, 6.07) is 19.5. The number of rotatable bonds is 10. The number of benzene rings is 3. The van der Waals surface area contributed by atoms with Gasteiger partial charge in [-0.3, -0.25) is 9.59 Å². The van der Waals surface area contributed by atoms with Crippen LogP contribution in [-0.2, 0) is 17.8 Å². The average molecular weight is 458 g/mol. The maximum atomic E-state index is 11.7. The Labute approximate surface area is 197 Å². The second-order valence-electron chi connectivity index (χ2n) is 8.68. The van der Waals surface area contributed by atoms with Gasteiger partial charge in [0.25, 0.3) is 0 Å². The van der Waals surface area contributed by atoms with Crippen LogP contribution in [-0.4, -0.2) is 34.6 Å². The third-order valence-corrected chi connectivity index (χ3v) is 6.36. The fraction of sp³-hybridized carbons (Fsp3) is 0.286. The van der Waals surface area contributed by atoms with Crippen LogP contribution in [0.4, 0.5) is 0 Å². The standard InChI is InChI=1S/C28H27NO5/c30-27-13-8-19-16-20(9-11-22(19)27)33-14-4-1-5-15-34-21-10-12-24-23-6-2-3-7-25(23)29(18-28(31)32)26(24)17-21/h2-3,6-7,9-12,16-17H,1,4-5,8,13-15,18H2,(H,31,32). The third kappa shape index (κ3) is 4.49. The Hall–Kier alpha value is -3.80. The van der Waals surface area contributed by atoms with E-state index in [1.54, 1.807) is 0 Å². The number of aromatic nitrogens is 1. The number of carbonyl (C=O) groups is 2. The molecule has 1 aliphatic rings. The number of carbonyl (C=O) groups excluding carboxylic acids is 1. The number of unbranched alkanes of at least 4 members (excludes halogenated alkanes) is 2. The van der Waals surface area contributed by atoms with Crippen molar-refractivity contribution >= 4 is 33.6 Å². The molecule has 4 aromatic rings. The van der Waals surface area contributed by atoms with Gasteiger partial charge in [-0.2, -0.15) is 0 Å². The zero-order valence-electron chi connectivity index (χ0n) is 19.0. The average Bonchev–Trinajstić information content (AvgIpc) is 3.36. The van der Waals surface area contributed by atoms with Crippen molar-refractivity contribution < 1.29 is 24.2 Å². The monoisotopic (exact) mass is 457 g/mol. The fourth-order valence-electron chi connectivity index (χ4n) is 4.71. The van der Waals surface area contributed by atoms with E-state index < -0.39 is 5.97 Å². The maximum Gasteiger partial charge on any atom is 0.323 e. The van der Waals surface area contributed by atoms with Crippen molar-refractivity contribution in [1.29, 1.82) is 0 Å². The van der Waals surface area contributed by atoms with Crippen LogP contribution in [0.25, 0.3) is 21.8 Å². The largest absolute Gasteiger partial charge is 0.494 e. The molecule has 0 unspecified atom stereocenters. The van der Waals surface area contributed by atoms with Gasteiger partial charge in [0, 0.05) is 34.3 Å². The SMILES string of the molecule is O=C(O)Cn1c2ccccc2c2ccc(OCCCCCOc3ccc4c(c3)CCC4=O)cc21. The summed E-state index contributed by atoms with van der Waals surface area (Å²) in [5.74, 6) is 0.925. The van der Waals surface area contributed by atoms with Crippen LogP contribution in [0, 0.1) is 0 Å². The van der Waals surface area contributed by atoms with Gasteiger partial charge in [0.1, 0.15) is 18.0 Å². The van der Waals surface area contributed by atoms with E-state index in [-0.39, 0.29) is 12.3 Å². The van der Waals surface area contributed by atoms with Crippen molar-refractivity contribution in [3.63, 3.8) is 0 Å².